The molecule has 18 heavy (non-hydrogen) atoms. The molecule has 0 unspecified atom stereocenters. The second kappa shape index (κ2) is 14.5. The molecule has 1 aliphatic rings. The normalized spacial score (nSPS) is 15.1. The predicted octanol–water partition coefficient (Wildman–Crippen LogP) is 4.88. The lowest BCUT2D eigenvalue weighted by atomic mass is 9.91. The number of hydrogen-bond acceptors (Lipinski definition) is 1. The smallest absolute Gasteiger partial charge is 0.219 e. The lowest BCUT2D eigenvalue weighted by molar-refractivity contribution is -0.130. The zero-order chi connectivity index (χ0) is 14.4. The van der Waals surface area contributed by atoms with Gasteiger partial charge in [0.15, 0.2) is 0 Å². The number of hydrogen-bond donors (Lipinski definition) is 0. The molecule has 0 atom stereocenters. The highest BCUT2D eigenvalue weighted by atomic mass is 16.2. The Kier molecular flexibility index (Phi) is 16.0. The van der Waals surface area contributed by atoms with Crippen LogP contribution in [0, 0.1) is 5.92 Å². The van der Waals surface area contributed by atoms with Crippen molar-refractivity contribution in [3.8, 4) is 0 Å². The Labute approximate surface area is 115 Å². The maximum absolute atomic E-state index is 11.1. The second-order valence-electron chi connectivity index (χ2n) is 4.45. The number of piperidine rings is 1. The van der Waals surface area contributed by atoms with Crippen LogP contribution in [0.3, 0.4) is 0 Å². The number of amides is 1. The van der Waals surface area contributed by atoms with Crippen LogP contribution in [-0.2, 0) is 4.79 Å². The topological polar surface area (TPSA) is 20.3 Å². The standard InChI is InChI=1S/C12H23NO.2C2H6/c1-3-4-5-6-12-7-9-13(10-8-12)11(2)14;2*1-2/h12H,3-10H2,1-2H3;2*1-2H3. The van der Waals surface area contributed by atoms with Gasteiger partial charge in [-0.3, -0.25) is 4.79 Å². The third kappa shape index (κ3) is 9.49. The highest BCUT2D eigenvalue weighted by Crippen LogP contribution is 2.22. The van der Waals surface area contributed by atoms with Gasteiger partial charge in [0.05, 0.1) is 0 Å². The molecular weight excluding hydrogens is 222 g/mol. The van der Waals surface area contributed by atoms with Crippen LogP contribution in [0.15, 0.2) is 0 Å². The van der Waals surface area contributed by atoms with Gasteiger partial charge in [-0.2, -0.15) is 0 Å². The summed E-state index contributed by atoms with van der Waals surface area (Å²) in [7, 11) is 0. The number of carbonyl (C=O) groups excluding carboxylic acids is 1. The monoisotopic (exact) mass is 257 g/mol. The Morgan fingerprint density at radius 2 is 1.56 bits per heavy atom. The van der Waals surface area contributed by atoms with Gasteiger partial charge in [0.2, 0.25) is 5.91 Å². The Balaban J connectivity index is 0. The largest absolute Gasteiger partial charge is 0.343 e. The summed E-state index contributed by atoms with van der Waals surface area (Å²) in [6, 6.07) is 0. The van der Waals surface area contributed by atoms with Crippen LogP contribution in [0.2, 0.25) is 0 Å². The fourth-order valence-corrected chi connectivity index (χ4v) is 2.22. The van der Waals surface area contributed by atoms with Crippen LogP contribution in [0.4, 0.5) is 0 Å². The maximum atomic E-state index is 11.1. The molecule has 1 rings (SSSR count). The molecule has 1 fully saturated rings. The van der Waals surface area contributed by atoms with Crippen molar-refractivity contribution >= 4 is 5.91 Å². The number of rotatable bonds is 4. The quantitative estimate of drug-likeness (QED) is 0.657. The third-order valence-electron chi connectivity index (χ3n) is 3.28. The van der Waals surface area contributed by atoms with E-state index in [0.717, 1.165) is 19.0 Å². The number of nitrogens with zero attached hydrogens (tertiary/aromatic N) is 1. The first-order valence-electron chi connectivity index (χ1n) is 7.99. The van der Waals surface area contributed by atoms with E-state index in [4.69, 9.17) is 0 Å². The third-order valence-corrected chi connectivity index (χ3v) is 3.28. The number of unbranched alkanes of at least 4 members (excludes halogenated alkanes) is 2. The Morgan fingerprint density at radius 3 is 1.94 bits per heavy atom. The first-order valence-corrected chi connectivity index (χ1v) is 7.99. The zero-order valence-corrected chi connectivity index (χ0v) is 13.6. The van der Waals surface area contributed by atoms with Crippen molar-refractivity contribution in [2.45, 2.75) is 80.1 Å². The van der Waals surface area contributed by atoms with E-state index in [1.165, 1.54) is 38.5 Å². The molecule has 0 aromatic heterocycles. The molecular formula is C16H35NO. The minimum Gasteiger partial charge on any atom is -0.343 e. The molecule has 2 nitrogen and oxygen atoms in total. The van der Waals surface area contributed by atoms with E-state index in [9.17, 15) is 4.79 Å². The molecule has 0 radical (unpaired) electrons. The summed E-state index contributed by atoms with van der Waals surface area (Å²) in [5.41, 5.74) is 0. The molecule has 2 heteroatoms. The summed E-state index contributed by atoms with van der Waals surface area (Å²) in [6.07, 6.45) is 7.88. The molecule has 1 aliphatic heterocycles. The zero-order valence-electron chi connectivity index (χ0n) is 13.6. The van der Waals surface area contributed by atoms with Crippen molar-refractivity contribution in [1.29, 1.82) is 0 Å². The van der Waals surface area contributed by atoms with Gasteiger partial charge in [-0.1, -0.05) is 60.3 Å². The van der Waals surface area contributed by atoms with Crippen LogP contribution in [-0.4, -0.2) is 23.9 Å². The van der Waals surface area contributed by atoms with Crippen LogP contribution >= 0.6 is 0 Å². The van der Waals surface area contributed by atoms with E-state index < -0.39 is 0 Å². The van der Waals surface area contributed by atoms with E-state index in [1.807, 2.05) is 32.6 Å². The van der Waals surface area contributed by atoms with E-state index in [1.54, 1.807) is 6.92 Å². The first kappa shape index (κ1) is 19.8. The molecule has 0 N–H and O–H groups in total. The van der Waals surface area contributed by atoms with Gasteiger partial charge >= 0.3 is 0 Å². The molecule has 0 aromatic carbocycles. The van der Waals surface area contributed by atoms with Crippen LogP contribution in [0.1, 0.15) is 80.1 Å². The number of carbonyl (C=O) groups is 1. The van der Waals surface area contributed by atoms with Gasteiger partial charge in [0.1, 0.15) is 0 Å². The molecule has 0 bridgehead atoms. The molecule has 0 aromatic rings. The Hall–Kier alpha value is -0.530. The van der Waals surface area contributed by atoms with Crippen molar-refractivity contribution in [2.24, 2.45) is 5.92 Å². The highest BCUT2D eigenvalue weighted by Gasteiger charge is 2.19. The summed E-state index contributed by atoms with van der Waals surface area (Å²) in [6.45, 7) is 13.9. The lowest BCUT2D eigenvalue weighted by Crippen LogP contribution is -2.36. The van der Waals surface area contributed by atoms with Gasteiger partial charge in [-0.25, -0.2) is 0 Å². The van der Waals surface area contributed by atoms with Gasteiger partial charge in [0, 0.05) is 20.0 Å². The summed E-state index contributed by atoms with van der Waals surface area (Å²) in [5, 5.41) is 0. The van der Waals surface area contributed by atoms with Gasteiger partial charge < -0.3 is 4.90 Å². The first-order chi connectivity index (χ1) is 8.74. The summed E-state index contributed by atoms with van der Waals surface area (Å²) < 4.78 is 0. The summed E-state index contributed by atoms with van der Waals surface area (Å²) >= 11 is 0. The van der Waals surface area contributed by atoms with Crippen molar-refractivity contribution in [2.75, 3.05) is 13.1 Å². The predicted molar refractivity (Wildman–Crippen MR) is 81.8 cm³/mol. The average molecular weight is 257 g/mol. The van der Waals surface area contributed by atoms with Gasteiger partial charge in [-0.15, -0.1) is 0 Å². The molecule has 0 saturated carbocycles. The van der Waals surface area contributed by atoms with Crippen molar-refractivity contribution < 1.29 is 4.79 Å². The van der Waals surface area contributed by atoms with Crippen LogP contribution in [0.25, 0.3) is 0 Å². The highest BCUT2D eigenvalue weighted by molar-refractivity contribution is 5.73. The lowest BCUT2D eigenvalue weighted by Gasteiger charge is -2.31. The SMILES string of the molecule is CC.CC.CCCCCC1CCN(C(C)=O)CC1. The van der Waals surface area contributed by atoms with Gasteiger partial charge in [-0.05, 0) is 18.8 Å². The molecule has 0 aliphatic carbocycles. The van der Waals surface area contributed by atoms with Crippen LogP contribution in [0.5, 0.6) is 0 Å². The minimum absolute atomic E-state index is 0.247. The Bertz CT molecular complexity index is 172. The van der Waals surface area contributed by atoms with Gasteiger partial charge in [0.25, 0.3) is 0 Å². The minimum atomic E-state index is 0.247. The molecule has 0 spiro atoms. The van der Waals surface area contributed by atoms with E-state index >= 15 is 0 Å². The fourth-order valence-electron chi connectivity index (χ4n) is 2.22. The fraction of sp³-hybridized carbons (Fsp3) is 0.938. The molecule has 110 valence electrons. The van der Waals surface area contributed by atoms with Crippen molar-refractivity contribution in [1.82, 2.24) is 4.90 Å². The van der Waals surface area contributed by atoms with E-state index in [2.05, 4.69) is 6.92 Å². The summed E-state index contributed by atoms with van der Waals surface area (Å²) in [5.74, 6) is 1.13. The Morgan fingerprint density at radius 1 is 1.06 bits per heavy atom. The molecule has 1 amide bonds. The second-order valence-corrected chi connectivity index (χ2v) is 4.45. The maximum Gasteiger partial charge on any atom is 0.219 e. The van der Waals surface area contributed by atoms with E-state index in [-0.39, 0.29) is 5.91 Å². The van der Waals surface area contributed by atoms with Crippen molar-refractivity contribution in [3.63, 3.8) is 0 Å². The average Bonchev–Trinajstić information content (AvgIpc) is 2.44. The molecule has 1 saturated heterocycles. The van der Waals surface area contributed by atoms with E-state index in [0.29, 0.717) is 0 Å². The summed E-state index contributed by atoms with van der Waals surface area (Å²) in [4.78, 5) is 13.1. The number of likely N-dealkylation sites (tertiary alicyclic amines) is 1. The van der Waals surface area contributed by atoms with Crippen LogP contribution < -0.4 is 0 Å². The van der Waals surface area contributed by atoms with Crippen molar-refractivity contribution in [3.05, 3.63) is 0 Å². The molecule has 1 heterocycles.